The van der Waals surface area contributed by atoms with Gasteiger partial charge in [-0.3, -0.25) is 9.69 Å². The predicted molar refractivity (Wildman–Crippen MR) is 116 cm³/mol. The highest BCUT2D eigenvalue weighted by atomic mass is 35.5. The Balaban J connectivity index is 1.50. The fraction of sp³-hybridized carbons (Fsp3) is 0.273. The number of aromatic nitrogens is 1. The molecular formula is C22H21ClN2O3S. The van der Waals surface area contributed by atoms with Crippen LogP contribution in [0.2, 0.25) is 5.02 Å². The van der Waals surface area contributed by atoms with E-state index in [9.17, 15) is 4.79 Å². The van der Waals surface area contributed by atoms with E-state index >= 15 is 0 Å². The summed E-state index contributed by atoms with van der Waals surface area (Å²) in [7, 11) is 0. The first-order valence-electron chi connectivity index (χ1n) is 9.50. The van der Waals surface area contributed by atoms with E-state index in [0.717, 1.165) is 30.7 Å². The van der Waals surface area contributed by atoms with Crippen LogP contribution in [0.4, 0.5) is 5.13 Å². The molecule has 1 aliphatic rings. The van der Waals surface area contributed by atoms with Gasteiger partial charge in [-0.2, -0.15) is 0 Å². The number of rotatable bonds is 7. The van der Waals surface area contributed by atoms with Gasteiger partial charge in [0, 0.05) is 22.6 Å². The molecule has 29 heavy (non-hydrogen) atoms. The second-order valence-corrected chi connectivity index (χ2v) is 8.04. The third-order valence-corrected chi connectivity index (χ3v) is 5.80. The normalized spacial score (nSPS) is 16.0. The zero-order valence-corrected chi connectivity index (χ0v) is 17.4. The molecule has 0 saturated carbocycles. The number of halogens is 1. The summed E-state index contributed by atoms with van der Waals surface area (Å²) in [5, 5.41) is 3.25. The van der Waals surface area contributed by atoms with Gasteiger partial charge in [-0.15, -0.1) is 11.3 Å². The van der Waals surface area contributed by atoms with E-state index in [-0.39, 0.29) is 18.6 Å². The Kier molecular flexibility index (Phi) is 6.44. The van der Waals surface area contributed by atoms with Crippen molar-refractivity contribution in [1.29, 1.82) is 0 Å². The van der Waals surface area contributed by atoms with Crippen LogP contribution in [0.5, 0.6) is 5.75 Å². The number of hydrogen-bond acceptors (Lipinski definition) is 5. The van der Waals surface area contributed by atoms with Crippen LogP contribution in [0.25, 0.3) is 11.3 Å². The summed E-state index contributed by atoms with van der Waals surface area (Å²) in [4.78, 5) is 19.4. The fourth-order valence-electron chi connectivity index (χ4n) is 3.16. The van der Waals surface area contributed by atoms with E-state index in [1.54, 1.807) is 29.2 Å². The lowest BCUT2D eigenvalue weighted by atomic mass is 10.2. The summed E-state index contributed by atoms with van der Waals surface area (Å²) in [6.45, 7) is 1.14. The molecule has 2 heterocycles. The Bertz CT molecular complexity index is 940. The second kappa shape index (κ2) is 9.39. The largest absolute Gasteiger partial charge is 0.484 e. The molecule has 1 amide bonds. The first-order chi connectivity index (χ1) is 14.2. The van der Waals surface area contributed by atoms with Gasteiger partial charge < -0.3 is 9.47 Å². The Morgan fingerprint density at radius 3 is 2.72 bits per heavy atom. The molecule has 0 radical (unpaired) electrons. The van der Waals surface area contributed by atoms with Crippen molar-refractivity contribution in [2.75, 3.05) is 24.7 Å². The molecule has 1 fully saturated rings. The molecule has 3 aromatic rings. The van der Waals surface area contributed by atoms with E-state index in [4.69, 9.17) is 26.1 Å². The molecule has 0 unspecified atom stereocenters. The maximum absolute atomic E-state index is 13.0. The minimum atomic E-state index is -0.149. The summed E-state index contributed by atoms with van der Waals surface area (Å²) < 4.78 is 11.4. The number of carbonyl (C=O) groups is 1. The molecule has 0 bridgehead atoms. The molecule has 0 aliphatic carbocycles. The quantitative estimate of drug-likeness (QED) is 0.528. The van der Waals surface area contributed by atoms with E-state index < -0.39 is 0 Å². The number of amides is 1. The summed E-state index contributed by atoms with van der Waals surface area (Å²) in [5.74, 6) is 0.452. The van der Waals surface area contributed by atoms with Crippen molar-refractivity contribution < 1.29 is 14.3 Å². The molecule has 0 N–H and O–H groups in total. The van der Waals surface area contributed by atoms with Crippen LogP contribution in [-0.4, -0.2) is 36.8 Å². The number of thiazole rings is 1. The average molecular weight is 429 g/mol. The molecule has 4 rings (SSSR count). The third kappa shape index (κ3) is 5.15. The zero-order chi connectivity index (χ0) is 20.1. The van der Waals surface area contributed by atoms with Crippen molar-refractivity contribution in [2.24, 2.45) is 0 Å². The summed E-state index contributed by atoms with van der Waals surface area (Å²) in [6, 6.07) is 16.9. The SMILES string of the molecule is O=C(COc1ccc(Cl)cc1)N(C[C@@H]1CCCO1)c1nc(-c2ccccc2)cs1. The Morgan fingerprint density at radius 2 is 2.00 bits per heavy atom. The number of anilines is 1. The van der Waals surface area contributed by atoms with Gasteiger partial charge in [0.15, 0.2) is 11.7 Å². The molecule has 5 nitrogen and oxygen atoms in total. The Morgan fingerprint density at radius 1 is 1.21 bits per heavy atom. The fourth-order valence-corrected chi connectivity index (χ4v) is 4.15. The first-order valence-corrected chi connectivity index (χ1v) is 10.8. The summed E-state index contributed by atoms with van der Waals surface area (Å²) in [5.41, 5.74) is 1.88. The number of hydrogen-bond donors (Lipinski definition) is 0. The predicted octanol–water partition coefficient (Wildman–Crippen LogP) is 5.05. The highest BCUT2D eigenvalue weighted by Gasteiger charge is 2.26. The molecule has 1 saturated heterocycles. The van der Waals surface area contributed by atoms with Crippen molar-refractivity contribution in [3.05, 3.63) is 65.0 Å². The van der Waals surface area contributed by atoms with Crippen molar-refractivity contribution in [3.8, 4) is 17.0 Å². The minimum absolute atomic E-state index is 0.0264. The Labute approximate surface area is 178 Å². The summed E-state index contributed by atoms with van der Waals surface area (Å²) >= 11 is 7.35. The number of ether oxygens (including phenoxy) is 2. The van der Waals surface area contributed by atoms with E-state index in [1.807, 2.05) is 35.7 Å². The molecule has 2 aromatic carbocycles. The van der Waals surface area contributed by atoms with Gasteiger partial charge in [-0.25, -0.2) is 4.98 Å². The van der Waals surface area contributed by atoms with Gasteiger partial charge in [-0.1, -0.05) is 41.9 Å². The summed E-state index contributed by atoms with van der Waals surface area (Å²) in [6.07, 6.45) is 1.98. The van der Waals surface area contributed by atoms with Crippen molar-refractivity contribution >= 4 is 34.0 Å². The highest BCUT2D eigenvalue weighted by molar-refractivity contribution is 7.14. The molecule has 7 heteroatoms. The average Bonchev–Trinajstić information content (AvgIpc) is 3.44. The Hall–Kier alpha value is -2.41. The number of benzene rings is 2. The molecule has 1 aliphatic heterocycles. The van der Waals surface area contributed by atoms with Crippen LogP contribution in [0.3, 0.4) is 0 Å². The zero-order valence-electron chi connectivity index (χ0n) is 15.8. The van der Waals surface area contributed by atoms with Gasteiger partial charge in [0.05, 0.1) is 18.3 Å². The monoisotopic (exact) mass is 428 g/mol. The van der Waals surface area contributed by atoms with E-state index in [0.29, 0.717) is 22.4 Å². The maximum Gasteiger partial charge on any atom is 0.266 e. The van der Waals surface area contributed by atoms with Crippen molar-refractivity contribution in [1.82, 2.24) is 4.98 Å². The van der Waals surface area contributed by atoms with E-state index in [2.05, 4.69) is 0 Å². The lowest BCUT2D eigenvalue weighted by Crippen LogP contribution is -2.40. The number of nitrogens with zero attached hydrogens (tertiary/aromatic N) is 2. The van der Waals surface area contributed by atoms with Gasteiger partial charge in [0.25, 0.3) is 5.91 Å². The molecule has 1 aromatic heterocycles. The van der Waals surface area contributed by atoms with Crippen LogP contribution in [-0.2, 0) is 9.53 Å². The van der Waals surface area contributed by atoms with Crippen LogP contribution in [0, 0.1) is 0 Å². The van der Waals surface area contributed by atoms with Crippen LogP contribution in [0.1, 0.15) is 12.8 Å². The topological polar surface area (TPSA) is 51.7 Å². The first kappa shape index (κ1) is 19.9. The minimum Gasteiger partial charge on any atom is -0.484 e. The molecule has 0 spiro atoms. The second-order valence-electron chi connectivity index (χ2n) is 6.76. The van der Waals surface area contributed by atoms with Crippen molar-refractivity contribution in [2.45, 2.75) is 18.9 Å². The number of carbonyl (C=O) groups excluding carboxylic acids is 1. The molecular weight excluding hydrogens is 408 g/mol. The van der Waals surface area contributed by atoms with E-state index in [1.165, 1.54) is 11.3 Å². The standard InChI is InChI=1S/C22H21ClN2O3S/c23-17-8-10-18(11-9-17)28-14-21(26)25(13-19-7-4-12-27-19)22-24-20(15-29-22)16-5-2-1-3-6-16/h1-3,5-6,8-11,15,19H,4,7,12-14H2/t19-/m0/s1. The third-order valence-electron chi connectivity index (χ3n) is 4.68. The highest BCUT2D eigenvalue weighted by Crippen LogP contribution is 2.29. The smallest absolute Gasteiger partial charge is 0.266 e. The molecule has 1 atom stereocenters. The van der Waals surface area contributed by atoms with Crippen LogP contribution < -0.4 is 9.64 Å². The lowest BCUT2D eigenvalue weighted by molar-refractivity contribution is -0.120. The van der Waals surface area contributed by atoms with Crippen LogP contribution in [0.15, 0.2) is 60.0 Å². The lowest BCUT2D eigenvalue weighted by Gasteiger charge is -2.23. The van der Waals surface area contributed by atoms with Gasteiger partial charge in [-0.05, 0) is 37.1 Å². The van der Waals surface area contributed by atoms with Gasteiger partial charge in [0.1, 0.15) is 5.75 Å². The maximum atomic E-state index is 13.0. The van der Waals surface area contributed by atoms with Gasteiger partial charge in [0.2, 0.25) is 0 Å². The van der Waals surface area contributed by atoms with Gasteiger partial charge >= 0.3 is 0 Å². The van der Waals surface area contributed by atoms with Crippen molar-refractivity contribution in [3.63, 3.8) is 0 Å². The van der Waals surface area contributed by atoms with Crippen LogP contribution >= 0.6 is 22.9 Å². The molecule has 150 valence electrons.